The molecule has 1 atom stereocenters. The summed E-state index contributed by atoms with van der Waals surface area (Å²) in [6.07, 6.45) is 8.00. The second kappa shape index (κ2) is 26.6. The molecule has 16 rings (SSSR count). The van der Waals surface area contributed by atoms with E-state index in [1.807, 2.05) is 12.1 Å². The van der Waals surface area contributed by atoms with Gasteiger partial charge >= 0.3 is 0 Å². The smallest absolute Gasteiger partial charge is 0.0973 e. The van der Waals surface area contributed by atoms with E-state index in [9.17, 15) is 0 Å². The van der Waals surface area contributed by atoms with Crippen LogP contribution in [0.4, 0.5) is 34.1 Å². The predicted molar refractivity (Wildman–Crippen MR) is 403 cm³/mol. The van der Waals surface area contributed by atoms with Crippen LogP contribution in [0.15, 0.2) is 382 Å². The Balaban J connectivity index is 0.759. The summed E-state index contributed by atoms with van der Waals surface area (Å²) in [5, 5.41) is 0. The Bertz CT molecular complexity index is 5230. The van der Waals surface area contributed by atoms with Gasteiger partial charge in [-0.3, -0.25) is 0 Å². The Labute approximate surface area is 562 Å². The number of rotatable bonds is 16. The molecule has 1 aromatic heterocycles. The van der Waals surface area contributed by atoms with Crippen molar-refractivity contribution in [2.24, 2.45) is 0 Å². The molecule has 0 aliphatic heterocycles. The molecule has 454 valence electrons. The van der Waals surface area contributed by atoms with Crippen molar-refractivity contribution in [3.05, 3.63) is 393 Å². The van der Waals surface area contributed by atoms with Crippen LogP contribution in [0.5, 0.6) is 0 Å². The molecule has 15 aromatic rings. The summed E-state index contributed by atoms with van der Waals surface area (Å²) >= 11 is 0. The van der Waals surface area contributed by atoms with E-state index < -0.39 is 0 Å². The van der Waals surface area contributed by atoms with Gasteiger partial charge in [-0.2, -0.15) is 0 Å². The van der Waals surface area contributed by atoms with E-state index in [4.69, 9.17) is 9.97 Å². The van der Waals surface area contributed by atoms with E-state index in [2.05, 4.69) is 380 Å². The van der Waals surface area contributed by atoms with Crippen LogP contribution >= 0.6 is 0 Å². The number of hydrogen-bond donors (Lipinski definition) is 0. The monoisotopic (exact) mass is 1230 g/mol. The average Bonchev–Trinajstić information content (AvgIpc) is 0.982. The van der Waals surface area contributed by atoms with Gasteiger partial charge in [0, 0.05) is 50.9 Å². The van der Waals surface area contributed by atoms with Crippen molar-refractivity contribution in [3.63, 3.8) is 0 Å². The standard InChI is InChI=1S/C92H66N4/c1-5-19-65(20-6-1)69-33-37-73(38-34-69)75-49-57-81(58-50-75)95(89-31-17-13-27-85(89)77-45-41-71(42-46-77)67-23-9-3-10-24-67)83-61-53-79(54-62-83)91-92(94-88-30-16-15-29-87(88)93-91)80-55-63-84(64-56-80)96(82-59-51-76(52-60-82)74-39-35-70(36-40-74)66-21-7-2-8-22-66)90-32-18-14-28-86(90)78-47-43-72(44-48-78)68-25-11-4-12-26-68/h1-43,45-64,72H,44H2. The van der Waals surface area contributed by atoms with E-state index in [0.717, 1.165) is 107 Å². The van der Waals surface area contributed by atoms with Crippen LogP contribution in [0.3, 0.4) is 0 Å². The molecule has 0 spiro atoms. The van der Waals surface area contributed by atoms with Crippen LogP contribution in [0.1, 0.15) is 23.5 Å². The molecule has 1 aliphatic carbocycles. The van der Waals surface area contributed by atoms with Gasteiger partial charge in [0.05, 0.1) is 33.8 Å². The third-order valence-electron chi connectivity index (χ3n) is 18.5. The van der Waals surface area contributed by atoms with Crippen molar-refractivity contribution in [3.8, 4) is 89.3 Å². The summed E-state index contributed by atoms with van der Waals surface area (Å²) in [5.41, 5.74) is 29.2. The summed E-state index contributed by atoms with van der Waals surface area (Å²) < 4.78 is 0. The van der Waals surface area contributed by atoms with E-state index in [1.165, 1.54) is 50.1 Å². The summed E-state index contributed by atoms with van der Waals surface area (Å²) in [7, 11) is 0. The highest BCUT2D eigenvalue weighted by atomic mass is 15.2. The summed E-state index contributed by atoms with van der Waals surface area (Å²) in [6, 6.07) is 131. The van der Waals surface area contributed by atoms with Crippen LogP contribution in [-0.4, -0.2) is 9.97 Å². The molecule has 1 unspecified atom stereocenters. The van der Waals surface area contributed by atoms with Crippen molar-refractivity contribution >= 4 is 50.7 Å². The van der Waals surface area contributed by atoms with Crippen LogP contribution in [0.2, 0.25) is 0 Å². The third kappa shape index (κ3) is 12.1. The van der Waals surface area contributed by atoms with Crippen LogP contribution < -0.4 is 9.80 Å². The number of nitrogens with zero attached hydrogens (tertiary/aromatic N) is 4. The summed E-state index contributed by atoms with van der Waals surface area (Å²) in [6.45, 7) is 0. The van der Waals surface area contributed by atoms with Crippen molar-refractivity contribution in [1.29, 1.82) is 0 Å². The first-order chi connectivity index (χ1) is 47.6. The SMILES string of the molecule is C1=CC(c2ccccc2)CC=C1c1ccccc1N(c1ccc(-c2ccc(-c3ccccc3)cc2)cc1)c1ccc(-c2nc3ccccc3nc2-c2ccc(N(c3ccc(-c4ccc(-c5ccccc5)cc4)cc3)c3ccccc3-c3ccc(-c4ccccc4)cc3)cc2)cc1. The first-order valence-electron chi connectivity index (χ1n) is 33.0. The number of aromatic nitrogens is 2. The molecule has 0 amide bonds. The Kier molecular flexibility index (Phi) is 16.2. The minimum Gasteiger partial charge on any atom is -0.310 e. The van der Waals surface area contributed by atoms with Gasteiger partial charge in [-0.25, -0.2) is 9.97 Å². The Morgan fingerprint density at radius 2 is 0.521 bits per heavy atom. The molecule has 1 heterocycles. The van der Waals surface area contributed by atoms with Gasteiger partial charge in [0.15, 0.2) is 0 Å². The zero-order valence-electron chi connectivity index (χ0n) is 52.9. The molecule has 4 heteroatoms. The first kappa shape index (κ1) is 58.6. The minimum absolute atomic E-state index is 0.326. The number of anilines is 6. The van der Waals surface area contributed by atoms with E-state index in [0.29, 0.717) is 5.92 Å². The largest absolute Gasteiger partial charge is 0.310 e. The number of fused-ring (bicyclic) bond motifs is 1. The quantitative estimate of drug-likeness (QED) is 0.0965. The second-order valence-corrected chi connectivity index (χ2v) is 24.4. The lowest BCUT2D eigenvalue weighted by molar-refractivity contribution is 0.856. The van der Waals surface area contributed by atoms with Gasteiger partial charge < -0.3 is 9.80 Å². The van der Waals surface area contributed by atoms with Gasteiger partial charge in [0.1, 0.15) is 0 Å². The van der Waals surface area contributed by atoms with E-state index >= 15 is 0 Å². The lowest BCUT2D eigenvalue weighted by Gasteiger charge is -2.29. The predicted octanol–water partition coefficient (Wildman–Crippen LogP) is 25.0. The van der Waals surface area contributed by atoms with Gasteiger partial charge in [-0.1, -0.05) is 309 Å². The fourth-order valence-electron chi connectivity index (χ4n) is 13.4. The normalized spacial score (nSPS) is 12.7. The van der Waals surface area contributed by atoms with Gasteiger partial charge in [0.25, 0.3) is 0 Å². The molecule has 0 N–H and O–H groups in total. The maximum Gasteiger partial charge on any atom is 0.0973 e. The maximum absolute atomic E-state index is 5.45. The van der Waals surface area contributed by atoms with Gasteiger partial charge in [0.2, 0.25) is 0 Å². The molecule has 4 nitrogen and oxygen atoms in total. The van der Waals surface area contributed by atoms with Crippen LogP contribution in [0, 0.1) is 0 Å². The molecule has 96 heavy (non-hydrogen) atoms. The molecule has 14 aromatic carbocycles. The minimum atomic E-state index is 0.326. The zero-order chi connectivity index (χ0) is 64.0. The highest BCUT2D eigenvalue weighted by Crippen LogP contribution is 2.46. The molecule has 1 aliphatic rings. The van der Waals surface area contributed by atoms with Gasteiger partial charge in [-0.15, -0.1) is 0 Å². The molecule has 0 bridgehead atoms. The molecule has 0 saturated heterocycles. The van der Waals surface area contributed by atoms with Crippen molar-refractivity contribution < 1.29 is 0 Å². The highest BCUT2D eigenvalue weighted by molar-refractivity contribution is 5.94. The lowest BCUT2D eigenvalue weighted by Crippen LogP contribution is -2.12. The van der Waals surface area contributed by atoms with Crippen molar-refractivity contribution in [2.75, 3.05) is 9.80 Å². The fourth-order valence-corrected chi connectivity index (χ4v) is 13.4. The van der Waals surface area contributed by atoms with Crippen LogP contribution in [-0.2, 0) is 0 Å². The summed E-state index contributed by atoms with van der Waals surface area (Å²) in [4.78, 5) is 15.7. The van der Waals surface area contributed by atoms with Crippen molar-refractivity contribution in [2.45, 2.75) is 12.3 Å². The number of benzene rings is 14. The lowest BCUT2D eigenvalue weighted by atomic mass is 9.87. The molecular formula is C92H66N4. The molecule has 0 radical (unpaired) electrons. The molecule has 0 saturated carbocycles. The number of hydrogen-bond acceptors (Lipinski definition) is 4. The third-order valence-corrected chi connectivity index (χ3v) is 18.5. The fraction of sp³-hybridized carbons (Fsp3) is 0.0217. The average molecular weight is 1230 g/mol. The Hall–Kier alpha value is -12.5. The Morgan fingerprint density at radius 3 is 0.885 bits per heavy atom. The Morgan fingerprint density at radius 1 is 0.240 bits per heavy atom. The first-order valence-corrected chi connectivity index (χ1v) is 33.0. The van der Waals surface area contributed by atoms with E-state index in [-0.39, 0.29) is 0 Å². The number of para-hydroxylation sites is 4. The van der Waals surface area contributed by atoms with Gasteiger partial charge in [-0.05, 0) is 152 Å². The summed E-state index contributed by atoms with van der Waals surface area (Å²) in [5.74, 6) is 0.326. The van der Waals surface area contributed by atoms with E-state index in [1.54, 1.807) is 0 Å². The van der Waals surface area contributed by atoms with Crippen molar-refractivity contribution in [1.82, 2.24) is 9.97 Å². The molecule has 0 fully saturated rings. The highest BCUT2D eigenvalue weighted by Gasteiger charge is 2.23. The topological polar surface area (TPSA) is 32.3 Å². The maximum atomic E-state index is 5.45. The zero-order valence-corrected chi connectivity index (χ0v) is 52.9. The number of allylic oxidation sites excluding steroid dienone is 4. The molecular weight excluding hydrogens is 1160 g/mol. The van der Waals surface area contributed by atoms with Crippen LogP contribution in [0.25, 0.3) is 106 Å². The second-order valence-electron chi connectivity index (χ2n) is 24.4.